The minimum Gasteiger partial charge on any atom is -0.400 e. The third-order valence-electron chi connectivity index (χ3n) is 4.26. The lowest BCUT2D eigenvalue weighted by Gasteiger charge is -2.32. The van der Waals surface area contributed by atoms with Crippen molar-refractivity contribution in [2.45, 2.75) is 51.7 Å². The summed E-state index contributed by atoms with van der Waals surface area (Å²) in [4.78, 5) is 4.43. The van der Waals surface area contributed by atoms with Gasteiger partial charge in [0, 0.05) is 6.20 Å². The molecule has 0 saturated carbocycles. The van der Waals surface area contributed by atoms with Gasteiger partial charge in [-0.3, -0.25) is 4.98 Å². The van der Waals surface area contributed by atoms with E-state index in [1.54, 1.807) is 6.20 Å². The Balaban J connectivity index is 2.09. The van der Waals surface area contributed by atoms with E-state index in [4.69, 9.17) is 15.0 Å². The van der Waals surface area contributed by atoms with Crippen molar-refractivity contribution in [3.63, 3.8) is 0 Å². The molecule has 2 heterocycles. The molecule has 0 atom stereocenters. The van der Waals surface area contributed by atoms with E-state index < -0.39 is 0 Å². The van der Waals surface area contributed by atoms with Gasteiger partial charge in [0.15, 0.2) is 0 Å². The lowest BCUT2D eigenvalue weighted by molar-refractivity contribution is 0.00578. The van der Waals surface area contributed by atoms with Gasteiger partial charge < -0.3 is 15.0 Å². The first kappa shape index (κ1) is 16.2. The van der Waals surface area contributed by atoms with Crippen LogP contribution in [0.5, 0.6) is 0 Å². The largest absolute Gasteiger partial charge is 0.487 e. The Bertz CT molecular complexity index is 499. The SMILES string of the molecule is CC1(C)OB(/C=C/c2ncccc2CCCN)OC1(C)C. The van der Waals surface area contributed by atoms with Gasteiger partial charge in [-0.1, -0.05) is 12.0 Å². The summed E-state index contributed by atoms with van der Waals surface area (Å²) in [6.45, 7) is 8.89. The number of nitrogens with zero attached hydrogens (tertiary/aromatic N) is 1. The van der Waals surface area contributed by atoms with Crippen molar-refractivity contribution in [1.82, 2.24) is 4.98 Å². The van der Waals surface area contributed by atoms with Gasteiger partial charge in [-0.15, -0.1) is 0 Å². The fraction of sp³-hybridized carbons (Fsp3) is 0.562. The zero-order valence-electron chi connectivity index (χ0n) is 13.4. The Kier molecular flexibility index (Phi) is 4.86. The predicted octanol–water partition coefficient (Wildman–Crippen LogP) is 2.62. The molecular formula is C16H25BN2O2. The molecule has 0 aromatic carbocycles. The van der Waals surface area contributed by atoms with Gasteiger partial charge in [0.25, 0.3) is 0 Å². The molecule has 2 N–H and O–H groups in total. The second kappa shape index (κ2) is 6.30. The minimum atomic E-state index is -0.334. The molecule has 0 unspecified atom stereocenters. The van der Waals surface area contributed by atoms with Gasteiger partial charge in [-0.2, -0.15) is 0 Å². The number of pyridine rings is 1. The van der Waals surface area contributed by atoms with E-state index in [9.17, 15) is 0 Å². The first-order chi connectivity index (χ1) is 9.86. The van der Waals surface area contributed by atoms with Crippen molar-refractivity contribution < 1.29 is 9.31 Å². The maximum Gasteiger partial charge on any atom is 0.487 e. The van der Waals surface area contributed by atoms with Gasteiger partial charge in [-0.25, -0.2) is 0 Å². The normalized spacial score (nSPS) is 20.3. The molecule has 0 amide bonds. The van der Waals surface area contributed by atoms with Crippen LogP contribution in [-0.4, -0.2) is 29.8 Å². The zero-order valence-corrected chi connectivity index (χ0v) is 13.4. The fourth-order valence-electron chi connectivity index (χ4n) is 2.24. The van der Waals surface area contributed by atoms with E-state index in [1.165, 1.54) is 5.56 Å². The van der Waals surface area contributed by atoms with Crippen LogP contribution in [0.4, 0.5) is 0 Å². The molecule has 1 aliphatic heterocycles. The highest BCUT2D eigenvalue weighted by Crippen LogP contribution is 2.37. The Morgan fingerprint density at radius 2 is 1.90 bits per heavy atom. The monoisotopic (exact) mass is 288 g/mol. The van der Waals surface area contributed by atoms with Crippen LogP contribution >= 0.6 is 0 Å². The van der Waals surface area contributed by atoms with E-state index in [0.717, 1.165) is 18.5 Å². The summed E-state index contributed by atoms with van der Waals surface area (Å²) < 4.78 is 11.9. The molecule has 4 nitrogen and oxygen atoms in total. The highest BCUT2D eigenvalue weighted by atomic mass is 16.7. The molecular weight excluding hydrogens is 263 g/mol. The highest BCUT2D eigenvalue weighted by Gasteiger charge is 2.50. The number of aromatic nitrogens is 1. The molecule has 5 heteroatoms. The number of nitrogens with two attached hydrogens (primary N) is 1. The van der Waals surface area contributed by atoms with Gasteiger partial charge in [0.1, 0.15) is 0 Å². The zero-order chi connectivity index (χ0) is 15.5. The molecule has 0 aliphatic carbocycles. The van der Waals surface area contributed by atoms with Crippen molar-refractivity contribution in [1.29, 1.82) is 0 Å². The third kappa shape index (κ3) is 3.73. The Morgan fingerprint density at radius 1 is 1.24 bits per heavy atom. The van der Waals surface area contributed by atoms with Gasteiger partial charge in [0.2, 0.25) is 0 Å². The quantitative estimate of drug-likeness (QED) is 0.846. The van der Waals surface area contributed by atoms with Crippen molar-refractivity contribution >= 4 is 13.2 Å². The average Bonchev–Trinajstić information content (AvgIpc) is 2.63. The maximum atomic E-state index is 5.95. The summed E-state index contributed by atoms with van der Waals surface area (Å²) in [5.74, 6) is 1.94. The lowest BCUT2D eigenvalue weighted by Crippen LogP contribution is -2.41. The predicted molar refractivity (Wildman–Crippen MR) is 86.7 cm³/mol. The average molecular weight is 288 g/mol. The minimum absolute atomic E-state index is 0.311. The van der Waals surface area contributed by atoms with Crippen molar-refractivity contribution in [2.24, 2.45) is 5.73 Å². The topological polar surface area (TPSA) is 57.4 Å². The van der Waals surface area contributed by atoms with E-state index in [1.807, 2.05) is 45.8 Å². The Labute approximate surface area is 127 Å². The molecule has 0 spiro atoms. The van der Waals surface area contributed by atoms with E-state index >= 15 is 0 Å². The van der Waals surface area contributed by atoms with Crippen LogP contribution in [0.1, 0.15) is 45.4 Å². The summed E-state index contributed by atoms with van der Waals surface area (Å²) >= 11 is 0. The van der Waals surface area contributed by atoms with E-state index in [0.29, 0.717) is 6.54 Å². The smallest absolute Gasteiger partial charge is 0.400 e. The standard InChI is InChI=1S/C16H25BN2O2/c1-15(2)16(3,4)21-17(20-15)10-9-14-13(7-5-11-18)8-6-12-19-14/h6,8-10,12H,5,7,11,18H2,1-4H3/b10-9+. The van der Waals surface area contributed by atoms with E-state index in [2.05, 4.69) is 11.1 Å². The van der Waals surface area contributed by atoms with Crippen LogP contribution in [0.15, 0.2) is 24.3 Å². The summed E-state index contributed by atoms with van der Waals surface area (Å²) in [5, 5.41) is 0. The summed E-state index contributed by atoms with van der Waals surface area (Å²) in [7, 11) is -0.334. The van der Waals surface area contributed by atoms with Crippen molar-refractivity contribution in [2.75, 3.05) is 6.54 Å². The maximum absolute atomic E-state index is 5.95. The van der Waals surface area contributed by atoms with Crippen LogP contribution < -0.4 is 5.73 Å². The molecule has 1 aromatic rings. The molecule has 114 valence electrons. The third-order valence-corrected chi connectivity index (χ3v) is 4.26. The molecule has 1 aliphatic rings. The molecule has 1 aromatic heterocycles. The summed E-state index contributed by atoms with van der Waals surface area (Å²) in [6, 6.07) is 4.05. The number of hydrogen-bond donors (Lipinski definition) is 1. The Hall–Kier alpha value is -1.17. The van der Waals surface area contributed by atoms with Crippen LogP contribution in [0, 0.1) is 0 Å². The van der Waals surface area contributed by atoms with Crippen LogP contribution in [0.2, 0.25) is 0 Å². The fourth-order valence-corrected chi connectivity index (χ4v) is 2.24. The second-order valence-electron chi connectivity index (χ2n) is 6.42. The highest BCUT2D eigenvalue weighted by molar-refractivity contribution is 6.52. The lowest BCUT2D eigenvalue weighted by atomic mass is 9.89. The number of rotatable bonds is 5. The first-order valence-corrected chi connectivity index (χ1v) is 7.53. The molecule has 1 saturated heterocycles. The van der Waals surface area contributed by atoms with Crippen LogP contribution in [-0.2, 0) is 15.7 Å². The molecule has 21 heavy (non-hydrogen) atoms. The van der Waals surface area contributed by atoms with Gasteiger partial charge >= 0.3 is 7.12 Å². The van der Waals surface area contributed by atoms with Crippen LogP contribution in [0.3, 0.4) is 0 Å². The summed E-state index contributed by atoms with van der Waals surface area (Å²) in [5.41, 5.74) is 7.12. The van der Waals surface area contributed by atoms with Crippen molar-refractivity contribution in [3.8, 4) is 0 Å². The summed E-state index contributed by atoms with van der Waals surface area (Å²) in [6.07, 6.45) is 5.68. The van der Waals surface area contributed by atoms with Crippen LogP contribution in [0.25, 0.3) is 6.08 Å². The number of aryl methyl sites for hydroxylation is 1. The van der Waals surface area contributed by atoms with Crippen molar-refractivity contribution in [3.05, 3.63) is 35.6 Å². The molecule has 0 bridgehead atoms. The molecule has 0 radical (unpaired) electrons. The first-order valence-electron chi connectivity index (χ1n) is 7.53. The molecule has 1 fully saturated rings. The van der Waals surface area contributed by atoms with Gasteiger partial charge in [-0.05, 0) is 64.8 Å². The van der Waals surface area contributed by atoms with E-state index in [-0.39, 0.29) is 18.3 Å². The van der Waals surface area contributed by atoms with Gasteiger partial charge in [0.05, 0.1) is 16.9 Å². The number of hydrogen-bond acceptors (Lipinski definition) is 4. The second-order valence-corrected chi connectivity index (χ2v) is 6.42. The Morgan fingerprint density at radius 3 is 2.52 bits per heavy atom. The molecule has 2 rings (SSSR count).